The van der Waals surface area contributed by atoms with Gasteiger partial charge in [0.05, 0.1) is 6.10 Å². The fourth-order valence-electron chi connectivity index (χ4n) is 3.26. The number of amides is 1. The van der Waals surface area contributed by atoms with Crippen LogP contribution in [0.5, 0.6) is 0 Å². The summed E-state index contributed by atoms with van der Waals surface area (Å²) in [6.45, 7) is 2.92. The number of hydrogen-bond donors (Lipinski definition) is 2. The first kappa shape index (κ1) is 19.1. The zero-order valence-electron chi connectivity index (χ0n) is 15.1. The number of rotatable bonds is 5. The van der Waals surface area contributed by atoms with E-state index in [9.17, 15) is 19.5 Å². The van der Waals surface area contributed by atoms with Gasteiger partial charge in [-0.25, -0.2) is 4.79 Å². The van der Waals surface area contributed by atoms with E-state index in [1.165, 1.54) is 22.4 Å². The van der Waals surface area contributed by atoms with Crippen molar-refractivity contribution in [2.24, 2.45) is 0 Å². The van der Waals surface area contributed by atoms with Gasteiger partial charge in [0.25, 0.3) is 5.56 Å². The Morgan fingerprint density at radius 2 is 1.89 bits per heavy atom. The van der Waals surface area contributed by atoms with Crippen molar-refractivity contribution < 1.29 is 9.90 Å². The first-order valence-corrected chi connectivity index (χ1v) is 9.03. The third-order valence-electron chi connectivity index (χ3n) is 4.65. The van der Waals surface area contributed by atoms with Crippen molar-refractivity contribution in [2.45, 2.75) is 25.6 Å². The van der Waals surface area contributed by atoms with Crippen LogP contribution in [0.4, 0.5) is 0 Å². The van der Waals surface area contributed by atoms with Crippen LogP contribution >= 0.6 is 0 Å². The van der Waals surface area contributed by atoms with Gasteiger partial charge < -0.3 is 14.6 Å². The second-order valence-corrected chi connectivity index (χ2v) is 6.77. The number of nitrogens with zero attached hydrogens (tertiary/aromatic N) is 3. The summed E-state index contributed by atoms with van der Waals surface area (Å²) in [4.78, 5) is 41.2. The Kier molecular flexibility index (Phi) is 6.20. The number of nitrogens with one attached hydrogen (secondary N) is 1. The van der Waals surface area contributed by atoms with E-state index in [1.807, 2.05) is 30.3 Å². The molecule has 144 valence electrons. The molecule has 1 aromatic heterocycles. The normalized spacial score (nSPS) is 18.3. The Morgan fingerprint density at radius 3 is 2.63 bits per heavy atom. The topological polar surface area (TPSA) is 98.6 Å². The molecule has 0 radical (unpaired) electrons. The average molecular weight is 372 g/mol. The van der Waals surface area contributed by atoms with Crippen LogP contribution in [0.1, 0.15) is 12.0 Å². The minimum absolute atomic E-state index is 0.117. The van der Waals surface area contributed by atoms with Crippen LogP contribution in [0, 0.1) is 0 Å². The number of benzene rings is 1. The van der Waals surface area contributed by atoms with Gasteiger partial charge in [-0.1, -0.05) is 30.3 Å². The fraction of sp³-hybridized carbons (Fsp3) is 0.421. The van der Waals surface area contributed by atoms with Crippen LogP contribution in [-0.2, 0) is 17.9 Å². The minimum atomic E-state index is -0.615. The molecule has 1 aliphatic heterocycles. The highest BCUT2D eigenvalue weighted by molar-refractivity contribution is 5.76. The van der Waals surface area contributed by atoms with Gasteiger partial charge in [-0.3, -0.25) is 19.5 Å². The number of aliphatic hydroxyl groups is 1. The summed E-state index contributed by atoms with van der Waals surface area (Å²) in [7, 11) is 0. The zero-order chi connectivity index (χ0) is 19.2. The molecule has 1 fully saturated rings. The Labute approximate surface area is 156 Å². The highest BCUT2D eigenvalue weighted by Gasteiger charge is 2.24. The highest BCUT2D eigenvalue weighted by Crippen LogP contribution is 2.10. The first-order chi connectivity index (χ1) is 13.0. The molecule has 8 nitrogen and oxygen atoms in total. The SMILES string of the molecule is O=C(CCn1ccc(=O)[nH]c1=O)N1CCN(Cc2ccccc2)C[C@H](O)C1. The predicted octanol–water partition coefficient (Wildman–Crippen LogP) is -0.368. The summed E-state index contributed by atoms with van der Waals surface area (Å²) in [5, 5.41) is 10.3. The maximum absolute atomic E-state index is 12.5. The van der Waals surface area contributed by atoms with Gasteiger partial charge in [0.1, 0.15) is 0 Å². The van der Waals surface area contributed by atoms with Gasteiger partial charge in [0.15, 0.2) is 0 Å². The Hall–Kier alpha value is -2.71. The van der Waals surface area contributed by atoms with E-state index in [-0.39, 0.29) is 25.4 Å². The van der Waals surface area contributed by atoms with Crippen molar-refractivity contribution >= 4 is 5.91 Å². The summed E-state index contributed by atoms with van der Waals surface area (Å²) in [5.41, 5.74) is 0.180. The first-order valence-electron chi connectivity index (χ1n) is 9.03. The Morgan fingerprint density at radius 1 is 1.11 bits per heavy atom. The standard InChI is InChI=1S/C19H24N4O4/c24-16-13-21(12-15-4-2-1-3-5-15)10-11-23(14-16)18(26)7-9-22-8-6-17(25)20-19(22)27/h1-6,8,16,24H,7,9-14H2,(H,20,25,27)/t16-/m0/s1. The highest BCUT2D eigenvalue weighted by atomic mass is 16.3. The van der Waals surface area contributed by atoms with Crippen LogP contribution in [0.15, 0.2) is 52.2 Å². The predicted molar refractivity (Wildman–Crippen MR) is 100 cm³/mol. The lowest BCUT2D eigenvalue weighted by atomic mass is 10.2. The molecule has 2 N–H and O–H groups in total. The molecular formula is C19H24N4O4. The number of aliphatic hydroxyl groups excluding tert-OH is 1. The molecule has 0 saturated carbocycles. The molecule has 1 aromatic carbocycles. The molecule has 0 bridgehead atoms. The molecule has 0 spiro atoms. The zero-order valence-corrected chi connectivity index (χ0v) is 15.1. The second-order valence-electron chi connectivity index (χ2n) is 6.77. The van der Waals surface area contributed by atoms with E-state index < -0.39 is 17.4 Å². The fourth-order valence-corrected chi connectivity index (χ4v) is 3.26. The van der Waals surface area contributed by atoms with Crippen molar-refractivity contribution in [3.63, 3.8) is 0 Å². The molecule has 0 unspecified atom stereocenters. The third kappa shape index (κ3) is 5.38. The molecule has 2 heterocycles. The molecular weight excluding hydrogens is 348 g/mol. The van der Waals surface area contributed by atoms with Gasteiger partial charge in [0, 0.05) is 58.0 Å². The van der Waals surface area contributed by atoms with Crippen molar-refractivity contribution in [1.82, 2.24) is 19.4 Å². The number of aryl methyl sites for hydroxylation is 1. The second kappa shape index (κ2) is 8.79. The molecule has 0 aliphatic carbocycles. The number of H-pyrrole nitrogens is 1. The lowest BCUT2D eigenvalue weighted by molar-refractivity contribution is -0.132. The van der Waals surface area contributed by atoms with Gasteiger partial charge in [-0.05, 0) is 5.56 Å². The number of aromatic nitrogens is 2. The molecule has 1 saturated heterocycles. The van der Waals surface area contributed by atoms with E-state index >= 15 is 0 Å². The van der Waals surface area contributed by atoms with Crippen LogP contribution in [-0.4, -0.2) is 62.6 Å². The van der Waals surface area contributed by atoms with E-state index in [1.54, 1.807) is 4.90 Å². The number of β-amino-alcohol motifs (C(OH)–C–C–N with tert-alkyl or cyclic N) is 1. The van der Waals surface area contributed by atoms with Crippen molar-refractivity contribution in [3.05, 3.63) is 69.0 Å². The third-order valence-corrected chi connectivity index (χ3v) is 4.65. The molecule has 8 heteroatoms. The van der Waals surface area contributed by atoms with Gasteiger partial charge >= 0.3 is 5.69 Å². The lowest BCUT2D eigenvalue weighted by Gasteiger charge is -2.22. The largest absolute Gasteiger partial charge is 0.390 e. The molecule has 1 aliphatic rings. The monoisotopic (exact) mass is 372 g/mol. The lowest BCUT2D eigenvalue weighted by Crippen LogP contribution is -2.38. The minimum Gasteiger partial charge on any atom is -0.390 e. The van der Waals surface area contributed by atoms with E-state index in [2.05, 4.69) is 9.88 Å². The number of hydrogen-bond acceptors (Lipinski definition) is 5. The number of aromatic amines is 1. The molecule has 1 atom stereocenters. The molecule has 3 rings (SSSR count). The van der Waals surface area contributed by atoms with E-state index in [0.717, 1.165) is 6.54 Å². The summed E-state index contributed by atoms with van der Waals surface area (Å²) >= 11 is 0. The summed E-state index contributed by atoms with van der Waals surface area (Å²) in [5.74, 6) is -0.117. The van der Waals surface area contributed by atoms with Crippen LogP contribution in [0.25, 0.3) is 0 Å². The molecule has 2 aromatic rings. The van der Waals surface area contributed by atoms with Crippen LogP contribution in [0.2, 0.25) is 0 Å². The van der Waals surface area contributed by atoms with Crippen molar-refractivity contribution in [1.29, 1.82) is 0 Å². The summed E-state index contributed by atoms with van der Waals surface area (Å²) in [6.07, 6.45) is 0.904. The summed E-state index contributed by atoms with van der Waals surface area (Å²) in [6, 6.07) is 11.3. The Balaban J connectivity index is 1.56. The molecule has 1 amide bonds. The quantitative estimate of drug-likeness (QED) is 0.746. The average Bonchev–Trinajstić information content (AvgIpc) is 2.83. The van der Waals surface area contributed by atoms with Gasteiger partial charge in [-0.15, -0.1) is 0 Å². The van der Waals surface area contributed by atoms with Crippen molar-refractivity contribution in [2.75, 3.05) is 26.2 Å². The maximum atomic E-state index is 12.5. The van der Waals surface area contributed by atoms with Crippen LogP contribution in [0.3, 0.4) is 0 Å². The van der Waals surface area contributed by atoms with Gasteiger partial charge in [-0.2, -0.15) is 0 Å². The van der Waals surface area contributed by atoms with Gasteiger partial charge in [0.2, 0.25) is 5.91 Å². The Bertz CT molecular complexity index is 877. The molecule has 27 heavy (non-hydrogen) atoms. The van der Waals surface area contributed by atoms with E-state index in [0.29, 0.717) is 19.6 Å². The summed E-state index contributed by atoms with van der Waals surface area (Å²) < 4.78 is 1.30. The number of carbonyl (C=O) groups excluding carboxylic acids is 1. The van der Waals surface area contributed by atoms with E-state index in [4.69, 9.17) is 0 Å². The maximum Gasteiger partial charge on any atom is 0.328 e. The number of carbonyl (C=O) groups is 1. The van der Waals surface area contributed by atoms with Crippen molar-refractivity contribution in [3.8, 4) is 0 Å². The smallest absolute Gasteiger partial charge is 0.328 e. The van der Waals surface area contributed by atoms with Crippen LogP contribution < -0.4 is 11.2 Å².